The minimum Gasteiger partial charge on any atom is -0.497 e. The van der Waals surface area contributed by atoms with E-state index in [0.717, 1.165) is 17.7 Å². The molecule has 0 aliphatic rings. The molecule has 2 aromatic rings. The third-order valence-corrected chi connectivity index (χ3v) is 3.18. The molecule has 0 atom stereocenters. The van der Waals surface area contributed by atoms with Crippen LogP contribution in [-0.4, -0.2) is 26.7 Å². The highest BCUT2D eigenvalue weighted by molar-refractivity contribution is 5.96. The van der Waals surface area contributed by atoms with E-state index in [9.17, 15) is 4.79 Å². The third kappa shape index (κ3) is 3.99. The Morgan fingerprint density at radius 3 is 2.62 bits per heavy atom. The van der Waals surface area contributed by atoms with E-state index in [1.54, 1.807) is 26.4 Å². The first-order valence-corrected chi connectivity index (χ1v) is 6.78. The van der Waals surface area contributed by atoms with Crippen LogP contribution >= 0.6 is 0 Å². The first-order chi connectivity index (χ1) is 10.2. The van der Waals surface area contributed by atoms with Gasteiger partial charge in [-0.1, -0.05) is 24.3 Å². The van der Waals surface area contributed by atoms with Crippen molar-refractivity contribution in [3.8, 4) is 11.5 Å². The molecule has 0 aromatic heterocycles. The fraction of sp³-hybridized carbons (Fsp3) is 0.235. The van der Waals surface area contributed by atoms with E-state index < -0.39 is 0 Å². The molecule has 110 valence electrons. The van der Waals surface area contributed by atoms with E-state index in [4.69, 9.17) is 9.47 Å². The molecule has 0 radical (unpaired) electrons. The first kappa shape index (κ1) is 14.9. The summed E-state index contributed by atoms with van der Waals surface area (Å²) in [4.78, 5) is 12.1. The van der Waals surface area contributed by atoms with Crippen LogP contribution in [0.25, 0.3) is 0 Å². The summed E-state index contributed by atoms with van der Waals surface area (Å²) in [5, 5.41) is 2.90. The number of methoxy groups -OCH3 is 2. The van der Waals surface area contributed by atoms with Gasteiger partial charge in [0.05, 0.1) is 19.8 Å². The van der Waals surface area contributed by atoms with Crippen LogP contribution in [0, 0.1) is 0 Å². The largest absolute Gasteiger partial charge is 0.497 e. The average molecular weight is 285 g/mol. The van der Waals surface area contributed by atoms with E-state index in [1.165, 1.54) is 0 Å². The van der Waals surface area contributed by atoms with Crippen molar-refractivity contribution in [1.29, 1.82) is 0 Å². The van der Waals surface area contributed by atoms with Gasteiger partial charge in [-0.05, 0) is 36.2 Å². The molecule has 1 amide bonds. The predicted octanol–water partition coefficient (Wildman–Crippen LogP) is 2.68. The number of carbonyl (C=O) groups excluding carboxylic acids is 1. The van der Waals surface area contributed by atoms with Gasteiger partial charge < -0.3 is 14.8 Å². The van der Waals surface area contributed by atoms with Crippen molar-refractivity contribution in [1.82, 2.24) is 5.32 Å². The molecule has 0 heterocycles. The maximum absolute atomic E-state index is 12.1. The standard InChI is InChI=1S/C17H19NO3/c1-20-14-7-5-6-13(12-14)10-11-18-17(19)15-8-3-4-9-16(15)21-2/h3-9,12H,10-11H2,1-2H3,(H,18,19). The monoisotopic (exact) mass is 285 g/mol. The number of hydrogen-bond acceptors (Lipinski definition) is 3. The highest BCUT2D eigenvalue weighted by Gasteiger charge is 2.10. The molecule has 0 saturated carbocycles. The molecule has 21 heavy (non-hydrogen) atoms. The van der Waals surface area contributed by atoms with E-state index >= 15 is 0 Å². The number of amides is 1. The number of benzene rings is 2. The quantitative estimate of drug-likeness (QED) is 0.887. The van der Waals surface area contributed by atoms with Crippen LogP contribution in [0.15, 0.2) is 48.5 Å². The minimum atomic E-state index is -0.129. The number of nitrogens with one attached hydrogen (secondary N) is 1. The Balaban J connectivity index is 1.92. The van der Waals surface area contributed by atoms with E-state index in [1.807, 2.05) is 36.4 Å². The molecule has 4 nitrogen and oxygen atoms in total. The lowest BCUT2D eigenvalue weighted by Gasteiger charge is -2.09. The Hall–Kier alpha value is -2.49. The van der Waals surface area contributed by atoms with Crippen molar-refractivity contribution in [2.75, 3.05) is 20.8 Å². The summed E-state index contributed by atoms with van der Waals surface area (Å²) in [6, 6.07) is 15.0. The van der Waals surface area contributed by atoms with Gasteiger partial charge >= 0.3 is 0 Å². The summed E-state index contributed by atoms with van der Waals surface area (Å²) in [7, 11) is 3.20. The maximum Gasteiger partial charge on any atom is 0.255 e. The summed E-state index contributed by atoms with van der Waals surface area (Å²) in [5.41, 5.74) is 1.67. The van der Waals surface area contributed by atoms with E-state index in [-0.39, 0.29) is 5.91 Å². The van der Waals surface area contributed by atoms with Crippen LogP contribution in [0.2, 0.25) is 0 Å². The van der Waals surface area contributed by atoms with Crippen LogP contribution in [0.5, 0.6) is 11.5 Å². The second-order valence-electron chi connectivity index (χ2n) is 4.56. The second-order valence-corrected chi connectivity index (χ2v) is 4.56. The molecule has 0 bridgehead atoms. The van der Waals surface area contributed by atoms with Crippen molar-refractivity contribution in [3.63, 3.8) is 0 Å². The normalized spacial score (nSPS) is 10.0. The number of rotatable bonds is 6. The number of hydrogen-bond donors (Lipinski definition) is 1. The Morgan fingerprint density at radius 1 is 1.05 bits per heavy atom. The Kier molecular flexibility index (Phi) is 5.21. The van der Waals surface area contributed by atoms with Gasteiger partial charge in [0.2, 0.25) is 0 Å². The number of carbonyl (C=O) groups is 1. The molecule has 0 fully saturated rings. The van der Waals surface area contributed by atoms with Gasteiger partial charge in [-0.25, -0.2) is 0 Å². The van der Waals surface area contributed by atoms with Gasteiger partial charge in [0.15, 0.2) is 0 Å². The molecule has 0 aliphatic heterocycles. The Bertz CT molecular complexity index is 610. The van der Waals surface area contributed by atoms with Gasteiger partial charge in [0.25, 0.3) is 5.91 Å². The fourth-order valence-electron chi connectivity index (χ4n) is 2.08. The van der Waals surface area contributed by atoms with Gasteiger partial charge in [-0.2, -0.15) is 0 Å². The van der Waals surface area contributed by atoms with E-state index in [0.29, 0.717) is 17.9 Å². The third-order valence-electron chi connectivity index (χ3n) is 3.18. The topological polar surface area (TPSA) is 47.6 Å². The van der Waals surface area contributed by atoms with Crippen molar-refractivity contribution < 1.29 is 14.3 Å². The Labute approximate surface area is 124 Å². The Morgan fingerprint density at radius 2 is 1.86 bits per heavy atom. The smallest absolute Gasteiger partial charge is 0.255 e. The zero-order valence-corrected chi connectivity index (χ0v) is 12.3. The van der Waals surface area contributed by atoms with Gasteiger partial charge in [-0.3, -0.25) is 4.79 Å². The van der Waals surface area contributed by atoms with E-state index in [2.05, 4.69) is 5.32 Å². The van der Waals surface area contributed by atoms with Crippen molar-refractivity contribution in [2.45, 2.75) is 6.42 Å². The molecule has 0 spiro atoms. The molecule has 0 unspecified atom stereocenters. The van der Waals surface area contributed by atoms with Gasteiger partial charge in [0.1, 0.15) is 11.5 Å². The fourth-order valence-corrected chi connectivity index (χ4v) is 2.08. The molecule has 4 heteroatoms. The van der Waals surface area contributed by atoms with Crippen LogP contribution in [0.1, 0.15) is 15.9 Å². The number of para-hydroxylation sites is 1. The molecule has 0 saturated heterocycles. The average Bonchev–Trinajstić information content (AvgIpc) is 2.55. The van der Waals surface area contributed by atoms with Crippen LogP contribution in [-0.2, 0) is 6.42 Å². The molecular weight excluding hydrogens is 266 g/mol. The lowest BCUT2D eigenvalue weighted by Crippen LogP contribution is -2.26. The lowest BCUT2D eigenvalue weighted by atomic mass is 10.1. The zero-order valence-electron chi connectivity index (χ0n) is 12.3. The molecular formula is C17H19NO3. The maximum atomic E-state index is 12.1. The van der Waals surface area contributed by atoms with Crippen molar-refractivity contribution in [3.05, 3.63) is 59.7 Å². The number of ether oxygens (including phenoxy) is 2. The van der Waals surface area contributed by atoms with Crippen molar-refractivity contribution in [2.24, 2.45) is 0 Å². The van der Waals surface area contributed by atoms with Crippen LogP contribution in [0.4, 0.5) is 0 Å². The molecule has 2 aromatic carbocycles. The highest BCUT2D eigenvalue weighted by Crippen LogP contribution is 2.17. The summed E-state index contributed by atoms with van der Waals surface area (Å²) in [6.07, 6.45) is 0.748. The van der Waals surface area contributed by atoms with Gasteiger partial charge in [-0.15, -0.1) is 0 Å². The lowest BCUT2D eigenvalue weighted by molar-refractivity contribution is 0.0951. The zero-order chi connectivity index (χ0) is 15.1. The molecule has 1 N–H and O–H groups in total. The summed E-state index contributed by atoms with van der Waals surface area (Å²) in [6.45, 7) is 0.560. The van der Waals surface area contributed by atoms with Crippen LogP contribution < -0.4 is 14.8 Å². The minimum absolute atomic E-state index is 0.129. The summed E-state index contributed by atoms with van der Waals surface area (Å²) < 4.78 is 10.4. The summed E-state index contributed by atoms with van der Waals surface area (Å²) >= 11 is 0. The molecule has 0 aliphatic carbocycles. The SMILES string of the molecule is COc1cccc(CCNC(=O)c2ccccc2OC)c1. The van der Waals surface area contributed by atoms with Crippen LogP contribution in [0.3, 0.4) is 0 Å². The highest BCUT2D eigenvalue weighted by atomic mass is 16.5. The van der Waals surface area contributed by atoms with Crippen molar-refractivity contribution >= 4 is 5.91 Å². The summed E-state index contributed by atoms with van der Waals surface area (Å²) in [5.74, 6) is 1.27. The molecule has 2 rings (SSSR count). The second kappa shape index (κ2) is 7.33. The first-order valence-electron chi connectivity index (χ1n) is 6.78. The predicted molar refractivity (Wildman–Crippen MR) is 82.0 cm³/mol. The van der Waals surface area contributed by atoms with Gasteiger partial charge in [0, 0.05) is 6.54 Å².